The molecule has 0 radical (unpaired) electrons. The van der Waals surface area contributed by atoms with E-state index in [1.807, 2.05) is 26.8 Å². The molecule has 0 fully saturated rings. The predicted molar refractivity (Wildman–Crippen MR) is 78.8 cm³/mol. The molecule has 0 aliphatic carbocycles. The van der Waals surface area contributed by atoms with E-state index in [1.165, 1.54) is 0 Å². The lowest BCUT2D eigenvalue weighted by atomic mass is 9.85. The largest absolute Gasteiger partial charge is 0.330 e. The van der Waals surface area contributed by atoms with Crippen molar-refractivity contribution in [3.63, 3.8) is 0 Å². The van der Waals surface area contributed by atoms with Gasteiger partial charge in [-0.2, -0.15) is 0 Å². The highest BCUT2D eigenvalue weighted by Gasteiger charge is 2.25. The molecule has 106 valence electrons. The second kappa shape index (κ2) is 6.35. The zero-order valence-corrected chi connectivity index (χ0v) is 12.5. The lowest BCUT2D eigenvalue weighted by molar-refractivity contribution is -0.384. The number of halogens is 1. The van der Waals surface area contributed by atoms with Crippen LogP contribution in [0, 0.1) is 10.1 Å². The van der Waals surface area contributed by atoms with Crippen molar-refractivity contribution in [3.8, 4) is 0 Å². The van der Waals surface area contributed by atoms with Crippen LogP contribution in [-0.2, 0) is 11.8 Å². The lowest BCUT2D eigenvalue weighted by Gasteiger charge is -2.21. The highest BCUT2D eigenvalue weighted by atomic mass is 35.5. The molecule has 2 N–H and O–H groups in total. The molecule has 0 heterocycles. The standard InChI is InChI=1S/C14H21ClN2O2/c1-14(2,3)11-8-10(6-4-5-7-16)9-12(13(11)15)17(18)19/h8-9H,4-7,16H2,1-3H3. The van der Waals surface area contributed by atoms with E-state index in [-0.39, 0.29) is 16.1 Å². The zero-order valence-electron chi connectivity index (χ0n) is 11.7. The number of rotatable bonds is 5. The van der Waals surface area contributed by atoms with Gasteiger partial charge in [0.1, 0.15) is 5.02 Å². The van der Waals surface area contributed by atoms with Crippen LogP contribution in [0.2, 0.25) is 5.02 Å². The normalized spacial score (nSPS) is 11.6. The van der Waals surface area contributed by atoms with E-state index < -0.39 is 4.92 Å². The molecule has 0 amide bonds. The minimum atomic E-state index is -0.413. The van der Waals surface area contributed by atoms with Gasteiger partial charge < -0.3 is 5.73 Å². The van der Waals surface area contributed by atoms with Gasteiger partial charge in [0, 0.05) is 6.07 Å². The van der Waals surface area contributed by atoms with Gasteiger partial charge in [-0.15, -0.1) is 0 Å². The minimum absolute atomic E-state index is 0.00293. The second-order valence-corrected chi connectivity index (χ2v) is 6.11. The fourth-order valence-electron chi connectivity index (χ4n) is 1.96. The van der Waals surface area contributed by atoms with Gasteiger partial charge in [0.15, 0.2) is 0 Å². The molecule has 0 aliphatic rings. The quantitative estimate of drug-likeness (QED) is 0.507. The molecule has 0 saturated carbocycles. The lowest BCUT2D eigenvalue weighted by Crippen LogP contribution is -2.13. The van der Waals surface area contributed by atoms with Crippen molar-refractivity contribution in [1.82, 2.24) is 0 Å². The Labute approximate surface area is 119 Å². The van der Waals surface area contributed by atoms with Crippen molar-refractivity contribution in [2.75, 3.05) is 6.54 Å². The fourth-order valence-corrected chi connectivity index (χ4v) is 2.43. The molecule has 0 saturated heterocycles. The number of hydrogen-bond donors (Lipinski definition) is 1. The van der Waals surface area contributed by atoms with Crippen molar-refractivity contribution in [1.29, 1.82) is 0 Å². The van der Waals surface area contributed by atoms with E-state index in [0.29, 0.717) is 6.54 Å². The highest BCUT2D eigenvalue weighted by Crippen LogP contribution is 2.37. The summed E-state index contributed by atoms with van der Waals surface area (Å²) in [6, 6.07) is 3.56. The SMILES string of the molecule is CC(C)(C)c1cc(CCCCN)cc([N+](=O)[O-])c1Cl. The second-order valence-electron chi connectivity index (χ2n) is 5.73. The number of nitro benzene ring substituents is 1. The maximum Gasteiger partial charge on any atom is 0.288 e. The number of nitrogens with zero attached hydrogens (tertiary/aromatic N) is 1. The van der Waals surface area contributed by atoms with Crippen LogP contribution in [0.5, 0.6) is 0 Å². The summed E-state index contributed by atoms with van der Waals surface area (Å²) in [5.41, 5.74) is 7.02. The van der Waals surface area contributed by atoms with E-state index in [1.54, 1.807) is 6.07 Å². The molecular formula is C14H21ClN2O2. The minimum Gasteiger partial charge on any atom is -0.330 e. The Morgan fingerprint density at radius 1 is 1.32 bits per heavy atom. The third kappa shape index (κ3) is 4.18. The fraction of sp³-hybridized carbons (Fsp3) is 0.571. The number of nitro groups is 1. The highest BCUT2D eigenvalue weighted by molar-refractivity contribution is 6.33. The predicted octanol–water partition coefficient (Wildman–Crippen LogP) is 3.83. The van der Waals surface area contributed by atoms with Crippen LogP contribution in [0.15, 0.2) is 12.1 Å². The van der Waals surface area contributed by atoms with Crippen molar-refractivity contribution >= 4 is 17.3 Å². The third-order valence-corrected chi connectivity index (χ3v) is 3.43. The first-order chi connectivity index (χ1) is 8.77. The van der Waals surface area contributed by atoms with E-state index in [2.05, 4.69) is 0 Å². The van der Waals surface area contributed by atoms with Crippen LogP contribution in [0.1, 0.15) is 44.7 Å². The summed E-state index contributed by atoms with van der Waals surface area (Å²) >= 11 is 6.16. The molecule has 0 aromatic heterocycles. The van der Waals surface area contributed by atoms with Gasteiger partial charge in [0.25, 0.3) is 5.69 Å². The number of aryl methyl sites for hydroxylation is 1. The van der Waals surface area contributed by atoms with Crippen LogP contribution in [0.4, 0.5) is 5.69 Å². The molecule has 0 unspecified atom stereocenters. The van der Waals surface area contributed by atoms with Crippen LogP contribution in [0.25, 0.3) is 0 Å². The topological polar surface area (TPSA) is 69.2 Å². The first-order valence-electron chi connectivity index (χ1n) is 6.44. The molecule has 0 atom stereocenters. The summed E-state index contributed by atoms with van der Waals surface area (Å²) in [6.07, 6.45) is 2.64. The van der Waals surface area contributed by atoms with Crippen LogP contribution in [0.3, 0.4) is 0 Å². The molecule has 19 heavy (non-hydrogen) atoms. The number of nitrogens with two attached hydrogens (primary N) is 1. The van der Waals surface area contributed by atoms with Gasteiger partial charge in [-0.1, -0.05) is 38.4 Å². The molecule has 0 spiro atoms. The zero-order chi connectivity index (χ0) is 14.6. The molecule has 1 aromatic rings. The summed E-state index contributed by atoms with van der Waals surface area (Å²) in [4.78, 5) is 10.7. The molecule has 4 nitrogen and oxygen atoms in total. The summed E-state index contributed by atoms with van der Waals surface area (Å²) in [5, 5.41) is 11.3. The first kappa shape index (κ1) is 15.9. The average molecular weight is 285 g/mol. The van der Waals surface area contributed by atoms with Crippen molar-refractivity contribution in [3.05, 3.63) is 38.4 Å². The third-order valence-electron chi connectivity index (χ3n) is 3.04. The summed E-state index contributed by atoms with van der Waals surface area (Å²) < 4.78 is 0. The van der Waals surface area contributed by atoms with Gasteiger partial charge in [0.05, 0.1) is 4.92 Å². The van der Waals surface area contributed by atoms with Crippen molar-refractivity contribution in [2.24, 2.45) is 5.73 Å². The molecular weight excluding hydrogens is 264 g/mol. The maximum absolute atomic E-state index is 11.1. The molecule has 0 aliphatic heterocycles. The molecule has 1 rings (SSSR count). The summed E-state index contributed by atoms with van der Waals surface area (Å²) in [7, 11) is 0. The number of unbranched alkanes of at least 4 members (excludes halogenated alkanes) is 1. The van der Waals surface area contributed by atoms with Crippen LogP contribution < -0.4 is 5.73 Å². The molecule has 0 bridgehead atoms. The van der Waals surface area contributed by atoms with E-state index in [9.17, 15) is 10.1 Å². The van der Waals surface area contributed by atoms with Crippen LogP contribution in [-0.4, -0.2) is 11.5 Å². The van der Waals surface area contributed by atoms with Gasteiger partial charge in [-0.25, -0.2) is 0 Å². The average Bonchev–Trinajstić information content (AvgIpc) is 2.29. The first-order valence-corrected chi connectivity index (χ1v) is 6.82. The van der Waals surface area contributed by atoms with Gasteiger partial charge in [0.2, 0.25) is 0 Å². The van der Waals surface area contributed by atoms with Gasteiger partial charge in [-0.3, -0.25) is 10.1 Å². The van der Waals surface area contributed by atoms with E-state index in [0.717, 1.165) is 30.4 Å². The monoisotopic (exact) mass is 284 g/mol. The summed E-state index contributed by atoms with van der Waals surface area (Å²) in [5.74, 6) is 0. The Bertz CT molecular complexity index is 467. The Hall–Kier alpha value is -1.13. The Balaban J connectivity index is 3.20. The summed E-state index contributed by atoms with van der Waals surface area (Å²) in [6.45, 7) is 6.65. The number of benzene rings is 1. The molecule has 5 heteroatoms. The van der Waals surface area contributed by atoms with Crippen molar-refractivity contribution in [2.45, 2.75) is 45.4 Å². The molecule has 1 aromatic carbocycles. The van der Waals surface area contributed by atoms with Crippen LogP contribution >= 0.6 is 11.6 Å². The van der Waals surface area contributed by atoms with Gasteiger partial charge >= 0.3 is 0 Å². The smallest absolute Gasteiger partial charge is 0.288 e. The Morgan fingerprint density at radius 3 is 2.42 bits per heavy atom. The number of hydrogen-bond acceptors (Lipinski definition) is 3. The van der Waals surface area contributed by atoms with E-state index in [4.69, 9.17) is 17.3 Å². The van der Waals surface area contributed by atoms with E-state index >= 15 is 0 Å². The van der Waals surface area contributed by atoms with Crippen molar-refractivity contribution < 1.29 is 4.92 Å². The maximum atomic E-state index is 11.1. The van der Waals surface area contributed by atoms with Gasteiger partial charge in [-0.05, 0) is 42.3 Å². The Kier molecular flexibility index (Phi) is 5.32. The Morgan fingerprint density at radius 2 is 1.95 bits per heavy atom.